The van der Waals surface area contributed by atoms with E-state index >= 15 is 0 Å². The lowest BCUT2D eigenvalue weighted by Gasteiger charge is -1.85. The monoisotopic (exact) mass is 445 g/mol. The van der Waals surface area contributed by atoms with Crippen molar-refractivity contribution in [2.45, 2.75) is 0 Å². The molecule has 5 nitrogen and oxygen atoms in total. The van der Waals surface area contributed by atoms with E-state index in [0.29, 0.717) is 0 Å². The molecule has 7 rings (SSSR count). The quantitative estimate of drug-likeness (QED) is 0.265. The van der Waals surface area contributed by atoms with Crippen LogP contribution in [0, 0.1) is 0 Å². The van der Waals surface area contributed by atoms with Gasteiger partial charge in [0, 0.05) is 22.1 Å². The van der Waals surface area contributed by atoms with Crippen LogP contribution in [0.2, 0.25) is 0 Å². The average molecular weight is 446 g/mol. The highest BCUT2D eigenvalue weighted by Crippen LogP contribution is 2.17. The van der Waals surface area contributed by atoms with Crippen molar-refractivity contribution in [2.24, 2.45) is 0 Å². The number of hydrogen-bond acceptors (Lipinski definition) is 4. The van der Waals surface area contributed by atoms with Gasteiger partial charge in [0.1, 0.15) is 0 Å². The van der Waals surface area contributed by atoms with Gasteiger partial charge in [-0.05, 0) is 85.0 Å². The third-order valence-corrected chi connectivity index (χ3v) is 6.09. The zero-order chi connectivity index (χ0) is 22.0. The molecule has 5 aromatic rings. The minimum Gasteiger partial charge on any atom is -0.355 e. The maximum absolute atomic E-state index is 4.63. The minimum atomic E-state index is 0.939. The number of aromatic nitrogens is 5. The molecule has 6 heterocycles. The molecule has 33 heavy (non-hydrogen) atoms. The van der Waals surface area contributed by atoms with Gasteiger partial charge < -0.3 is 9.97 Å². The summed E-state index contributed by atoms with van der Waals surface area (Å²) in [5.74, 6) is 0. The van der Waals surface area contributed by atoms with E-state index in [9.17, 15) is 0 Å². The number of fused-ring (bicyclic) bond motifs is 9. The van der Waals surface area contributed by atoms with Crippen molar-refractivity contribution in [3.63, 3.8) is 0 Å². The van der Waals surface area contributed by atoms with Crippen LogP contribution in [-0.2, 0) is 0 Å². The third-order valence-electron chi connectivity index (χ3n) is 5.28. The number of rotatable bonds is 0. The maximum atomic E-state index is 4.63. The Bertz CT molecular complexity index is 1480. The molecule has 0 atom stereocenters. The van der Waals surface area contributed by atoms with Crippen LogP contribution in [0.5, 0.6) is 0 Å². The van der Waals surface area contributed by atoms with Gasteiger partial charge in [-0.2, -0.15) is 0 Å². The molecule has 6 heteroatoms. The van der Waals surface area contributed by atoms with E-state index in [1.807, 2.05) is 72.3 Å². The molecule has 0 amide bonds. The molecular formula is C27H19N5S. The number of H-pyrrole nitrogens is 2. The highest BCUT2D eigenvalue weighted by Gasteiger charge is 2.01. The van der Waals surface area contributed by atoms with Gasteiger partial charge in [0.05, 0.1) is 38.5 Å². The van der Waals surface area contributed by atoms with Gasteiger partial charge in [0.15, 0.2) is 0 Å². The molecule has 0 radical (unpaired) electrons. The van der Waals surface area contributed by atoms with E-state index in [2.05, 4.69) is 55.3 Å². The number of hydrogen-bond donors (Lipinski definition) is 2. The van der Waals surface area contributed by atoms with E-state index in [0.717, 1.165) is 50.4 Å². The second-order valence-electron chi connectivity index (χ2n) is 7.73. The largest absolute Gasteiger partial charge is 0.355 e. The Balaban J connectivity index is 0.000000192. The molecule has 0 saturated carbocycles. The highest BCUT2D eigenvalue weighted by molar-refractivity contribution is 7.16. The Labute approximate surface area is 193 Å². The van der Waals surface area contributed by atoms with Crippen LogP contribution in [0.3, 0.4) is 0 Å². The zero-order valence-corrected chi connectivity index (χ0v) is 18.4. The standard InChI is InChI=1S/C20H14N4.C7H5NS/c1-2-14-10-16-5-6-18(23-16)12-20-8-7-19(24-20)11-17-4-3-15(22-17)9-13(1)21-14;1-2-4-7-6(3-1)8-5-9-7/h1-12,21,24H;1-5H. The number of thiazole rings is 1. The SMILES string of the molecule is C1=Cc2cc3ccc(cc4nc(cc5ccc(cc1n2)[nH]5)C=C4)[nH]3.c1ccc2scnc2c1. The van der Waals surface area contributed by atoms with Gasteiger partial charge in [0.25, 0.3) is 0 Å². The van der Waals surface area contributed by atoms with Gasteiger partial charge in [0.2, 0.25) is 0 Å². The lowest BCUT2D eigenvalue weighted by molar-refractivity contribution is 1.31. The summed E-state index contributed by atoms with van der Waals surface area (Å²) < 4.78 is 1.26. The van der Waals surface area contributed by atoms with E-state index < -0.39 is 0 Å². The van der Waals surface area contributed by atoms with E-state index in [4.69, 9.17) is 0 Å². The Morgan fingerprint density at radius 1 is 0.545 bits per heavy atom. The Hall–Kier alpha value is -4.29. The van der Waals surface area contributed by atoms with Gasteiger partial charge in [-0.25, -0.2) is 15.0 Å². The summed E-state index contributed by atoms with van der Waals surface area (Å²) in [4.78, 5) is 20.2. The van der Waals surface area contributed by atoms with Crippen molar-refractivity contribution in [1.29, 1.82) is 0 Å². The van der Waals surface area contributed by atoms with Gasteiger partial charge in [-0.15, -0.1) is 11.3 Å². The first-order chi connectivity index (χ1) is 16.3. The fourth-order valence-corrected chi connectivity index (χ4v) is 4.43. The van der Waals surface area contributed by atoms with Crippen molar-refractivity contribution in [3.05, 3.63) is 101 Å². The average Bonchev–Trinajstić information content (AvgIpc) is 3.63. The van der Waals surface area contributed by atoms with Crippen molar-refractivity contribution < 1.29 is 0 Å². The normalized spacial score (nSPS) is 12.0. The fraction of sp³-hybridized carbons (Fsp3) is 0. The smallest absolute Gasteiger partial charge is 0.0812 e. The van der Waals surface area contributed by atoms with E-state index in [1.54, 1.807) is 11.3 Å². The summed E-state index contributed by atoms with van der Waals surface area (Å²) in [5, 5.41) is 0. The zero-order valence-electron chi connectivity index (χ0n) is 17.6. The number of aromatic amines is 2. The van der Waals surface area contributed by atoms with Crippen LogP contribution < -0.4 is 0 Å². The number of nitrogens with zero attached hydrogens (tertiary/aromatic N) is 3. The van der Waals surface area contributed by atoms with Gasteiger partial charge >= 0.3 is 0 Å². The molecule has 0 saturated heterocycles. The van der Waals surface area contributed by atoms with Gasteiger partial charge in [-0.1, -0.05) is 12.1 Å². The van der Waals surface area contributed by atoms with E-state index in [-0.39, 0.29) is 0 Å². The predicted molar refractivity (Wildman–Crippen MR) is 138 cm³/mol. The van der Waals surface area contributed by atoms with Crippen molar-refractivity contribution >= 4 is 67.9 Å². The molecule has 1 aromatic carbocycles. The Morgan fingerprint density at radius 3 is 1.45 bits per heavy atom. The highest BCUT2D eigenvalue weighted by atomic mass is 32.1. The molecule has 4 aromatic heterocycles. The first-order valence-corrected chi connectivity index (χ1v) is 11.5. The van der Waals surface area contributed by atoms with Crippen LogP contribution in [0.25, 0.3) is 56.6 Å². The molecule has 8 bridgehead atoms. The molecule has 2 N–H and O–H groups in total. The summed E-state index contributed by atoms with van der Waals surface area (Å²) in [7, 11) is 0. The first kappa shape index (κ1) is 19.4. The van der Waals surface area contributed by atoms with Crippen LogP contribution >= 0.6 is 11.3 Å². The van der Waals surface area contributed by atoms with Crippen LogP contribution in [0.4, 0.5) is 0 Å². The third kappa shape index (κ3) is 4.37. The topological polar surface area (TPSA) is 70.2 Å². The van der Waals surface area contributed by atoms with Crippen LogP contribution in [0.1, 0.15) is 22.8 Å². The fourth-order valence-electron chi connectivity index (χ4n) is 3.75. The van der Waals surface area contributed by atoms with E-state index in [1.165, 1.54) is 4.70 Å². The lowest BCUT2D eigenvalue weighted by Crippen LogP contribution is -1.75. The second-order valence-corrected chi connectivity index (χ2v) is 8.61. The molecule has 0 spiro atoms. The summed E-state index contributed by atoms with van der Waals surface area (Å²) in [6.07, 6.45) is 8.09. The molecule has 0 fully saturated rings. The molecule has 0 unspecified atom stereocenters. The Kier molecular flexibility index (Phi) is 4.90. The van der Waals surface area contributed by atoms with Crippen molar-refractivity contribution in [1.82, 2.24) is 24.9 Å². The molecule has 0 aliphatic carbocycles. The predicted octanol–water partition coefficient (Wildman–Crippen LogP) is 6.95. The lowest BCUT2D eigenvalue weighted by atomic mass is 10.3. The van der Waals surface area contributed by atoms with Crippen LogP contribution in [-0.4, -0.2) is 24.9 Å². The molecule has 158 valence electrons. The molecular weight excluding hydrogens is 426 g/mol. The number of benzene rings is 1. The van der Waals surface area contributed by atoms with Crippen molar-refractivity contribution in [3.8, 4) is 0 Å². The summed E-state index contributed by atoms with van der Waals surface area (Å²) >= 11 is 1.68. The summed E-state index contributed by atoms with van der Waals surface area (Å²) in [6.45, 7) is 0. The minimum absolute atomic E-state index is 0.939. The maximum Gasteiger partial charge on any atom is 0.0812 e. The van der Waals surface area contributed by atoms with Crippen LogP contribution in [0.15, 0.2) is 78.3 Å². The first-order valence-electron chi connectivity index (χ1n) is 10.6. The van der Waals surface area contributed by atoms with Gasteiger partial charge in [-0.3, -0.25) is 0 Å². The molecule has 2 aliphatic heterocycles. The Morgan fingerprint density at radius 2 is 1.00 bits per heavy atom. The summed E-state index contributed by atoms with van der Waals surface area (Å²) in [6, 6.07) is 24.5. The second kappa shape index (κ2) is 8.33. The number of para-hydroxylation sites is 1. The molecule has 2 aliphatic rings. The number of nitrogens with one attached hydrogen (secondary N) is 2. The summed E-state index contributed by atoms with van der Waals surface area (Å²) in [5.41, 5.74) is 10.8. The van der Waals surface area contributed by atoms with Crippen molar-refractivity contribution in [2.75, 3.05) is 0 Å².